The van der Waals surface area contributed by atoms with Crippen molar-refractivity contribution in [2.24, 2.45) is 5.41 Å². The molecule has 0 aromatic heterocycles. The van der Waals surface area contributed by atoms with Gasteiger partial charge in [0.2, 0.25) is 0 Å². The first-order valence-corrected chi connectivity index (χ1v) is 8.33. The third kappa shape index (κ3) is 5.09. The first kappa shape index (κ1) is 18.0. The summed E-state index contributed by atoms with van der Waals surface area (Å²) in [6.07, 6.45) is 1.71. The highest BCUT2D eigenvalue weighted by atomic mass is 16.6. The molecule has 2 atom stereocenters. The van der Waals surface area contributed by atoms with Crippen LogP contribution in [-0.4, -0.2) is 53.8 Å². The van der Waals surface area contributed by atoms with E-state index in [1.54, 1.807) is 4.90 Å². The monoisotopic (exact) mass is 326 g/mol. The minimum atomic E-state index is -0.468. The summed E-state index contributed by atoms with van der Waals surface area (Å²) in [6, 6.07) is 0.280. The fraction of sp³-hybridized carbons (Fsp3) is 0.882. The Morgan fingerprint density at radius 3 is 2.30 bits per heavy atom. The van der Waals surface area contributed by atoms with Crippen LogP contribution >= 0.6 is 0 Å². The number of amides is 1. The molecule has 1 aliphatic heterocycles. The van der Waals surface area contributed by atoms with Gasteiger partial charge in [-0.1, -0.05) is 0 Å². The summed E-state index contributed by atoms with van der Waals surface area (Å²) in [5.41, 5.74) is -0.815. The Balaban J connectivity index is 1.75. The Kier molecular flexibility index (Phi) is 4.68. The largest absolute Gasteiger partial charge is 0.459 e. The standard InChI is InChI=1S/C17H30N2O4/c1-15(2,3)22-13(20)10-18-12-9-17(12)7-8-19(11-17)14(21)23-16(4,5)6/h12,18H,7-11H2,1-6H3. The number of carbonyl (C=O) groups excluding carboxylic acids is 2. The van der Waals surface area contributed by atoms with Crippen LogP contribution in [0.4, 0.5) is 4.79 Å². The van der Waals surface area contributed by atoms with Gasteiger partial charge in [0.05, 0.1) is 6.54 Å². The van der Waals surface area contributed by atoms with Gasteiger partial charge in [-0.15, -0.1) is 0 Å². The molecule has 0 aromatic carbocycles. The number of likely N-dealkylation sites (tertiary alicyclic amines) is 1. The molecule has 2 unspecified atom stereocenters. The van der Waals surface area contributed by atoms with Crippen LogP contribution in [0.5, 0.6) is 0 Å². The van der Waals surface area contributed by atoms with Crippen molar-refractivity contribution < 1.29 is 19.1 Å². The summed E-state index contributed by atoms with van der Waals surface area (Å²) in [5, 5.41) is 3.27. The van der Waals surface area contributed by atoms with Gasteiger partial charge in [0.25, 0.3) is 0 Å². The van der Waals surface area contributed by atoms with Gasteiger partial charge in [-0.25, -0.2) is 4.79 Å². The van der Waals surface area contributed by atoms with Crippen molar-refractivity contribution in [2.45, 2.75) is 71.6 Å². The smallest absolute Gasteiger partial charge is 0.410 e. The first-order chi connectivity index (χ1) is 10.4. The normalized spacial score (nSPS) is 27.2. The summed E-state index contributed by atoms with van der Waals surface area (Å²) in [7, 11) is 0. The zero-order chi connectivity index (χ0) is 17.5. The van der Waals surface area contributed by atoms with Crippen LogP contribution in [-0.2, 0) is 14.3 Å². The summed E-state index contributed by atoms with van der Waals surface area (Å²) in [5.74, 6) is -0.235. The lowest BCUT2D eigenvalue weighted by Gasteiger charge is -2.24. The van der Waals surface area contributed by atoms with Crippen LogP contribution in [0.15, 0.2) is 0 Å². The van der Waals surface area contributed by atoms with Crippen molar-refractivity contribution in [3.8, 4) is 0 Å². The van der Waals surface area contributed by atoms with Crippen molar-refractivity contribution in [1.29, 1.82) is 0 Å². The number of nitrogens with one attached hydrogen (secondary N) is 1. The highest BCUT2D eigenvalue weighted by Crippen LogP contribution is 2.53. The Labute approximate surface area is 138 Å². The summed E-state index contributed by atoms with van der Waals surface area (Å²) >= 11 is 0. The van der Waals surface area contributed by atoms with Crippen LogP contribution in [0, 0.1) is 5.41 Å². The maximum absolute atomic E-state index is 12.1. The van der Waals surface area contributed by atoms with Crippen LogP contribution in [0.2, 0.25) is 0 Å². The molecular weight excluding hydrogens is 296 g/mol. The Hall–Kier alpha value is -1.30. The predicted octanol–water partition coefficient (Wildman–Crippen LogP) is 2.32. The second-order valence-corrected chi connectivity index (χ2v) is 8.74. The van der Waals surface area contributed by atoms with E-state index in [0.717, 1.165) is 19.4 Å². The molecular formula is C17H30N2O4. The number of rotatable bonds is 3. The molecule has 6 nitrogen and oxygen atoms in total. The van der Waals surface area contributed by atoms with Crippen LogP contribution in [0.3, 0.4) is 0 Å². The first-order valence-electron chi connectivity index (χ1n) is 8.33. The average Bonchev–Trinajstić information content (AvgIpc) is 2.79. The Bertz CT molecular complexity index is 478. The molecule has 23 heavy (non-hydrogen) atoms. The third-order valence-electron chi connectivity index (χ3n) is 4.14. The van der Waals surface area contributed by atoms with Crippen molar-refractivity contribution in [1.82, 2.24) is 10.2 Å². The Morgan fingerprint density at radius 1 is 1.13 bits per heavy atom. The predicted molar refractivity (Wildman–Crippen MR) is 87.1 cm³/mol. The lowest BCUT2D eigenvalue weighted by atomic mass is 10.1. The van der Waals surface area contributed by atoms with Gasteiger partial charge in [0, 0.05) is 24.5 Å². The van der Waals surface area contributed by atoms with Gasteiger partial charge >= 0.3 is 12.1 Å². The van der Waals surface area contributed by atoms with E-state index in [1.165, 1.54) is 0 Å². The molecule has 1 saturated carbocycles. The summed E-state index contributed by atoms with van der Waals surface area (Å²) in [6.45, 7) is 12.8. The fourth-order valence-electron chi connectivity index (χ4n) is 3.05. The van der Waals surface area contributed by atoms with E-state index < -0.39 is 11.2 Å². The SMILES string of the molecule is CC(C)(C)OC(=O)CNC1CC12CCN(C(=O)OC(C)(C)C)C2. The highest BCUT2D eigenvalue weighted by molar-refractivity contribution is 5.72. The second kappa shape index (κ2) is 5.96. The van der Waals surface area contributed by atoms with Crippen LogP contribution in [0.25, 0.3) is 0 Å². The van der Waals surface area contributed by atoms with Crippen molar-refractivity contribution >= 4 is 12.1 Å². The average molecular weight is 326 g/mol. The zero-order valence-electron chi connectivity index (χ0n) is 15.2. The molecule has 1 saturated heterocycles. The summed E-state index contributed by atoms with van der Waals surface area (Å²) < 4.78 is 10.7. The topological polar surface area (TPSA) is 67.9 Å². The number of hydrogen-bond donors (Lipinski definition) is 1. The van der Waals surface area contributed by atoms with Gasteiger partial charge in [-0.3, -0.25) is 4.79 Å². The maximum Gasteiger partial charge on any atom is 0.410 e. The molecule has 1 N–H and O–H groups in total. The number of esters is 1. The fourth-order valence-corrected chi connectivity index (χ4v) is 3.05. The van der Waals surface area contributed by atoms with Crippen molar-refractivity contribution in [3.63, 3.8) is 0 Å². The van der Waals surface area contributed by atoms with E-state index >= 15 is 0 Å². The Morgan fingerprint density at radius 2 is 1.74 bits per heavy atom. The molecule has 2 rings (SSSR count). The highest BCUT2D eigenvalue weighted by Gasteiger charge is 2.58. The molecule has 0 aromatic rings. The molecule has 1 heterocycles. The molecule has 0 bridgehead atoms. The number of nitrogens with zero attached hydrogens (tertiary/aromatic N) is 1. The van der Waals surface area contributed by atoms with Gasteiger partial charge in [-0.05, 0) is 54.4 Å². The van der Waals surface area contributed by atoms with Gasteiger partial charge in [0.1, 0.15) is 11.2 Å². The van der Waals surface area contributed by atoms with E-state index in [9.17, 15) is 9.59 Å². The van der Waals surface area contributed by atoms with Crippen LogP contribution < -0.4 is 5.32 Å². The quantitative estimate of drug-likeness (QED) is 0.806. The number of carbonyl (C=O) groups is 2. The molecule has 2 aliphatic rings. The molecule has 1 amide bonds. The van der Waals surface area contributed by atoms with E-state index in [4.69, 9.17) is 9.47 Å². The van der Waals surface area contributed by atoms with Gasteiger partial charge in [-0.2, -0.15) is 0 Å². The minimum Gasteiger partial charge on any atom is -0.459 e. The second-order valence-electron chi connectivity index (χ2n) is 8.74. The zero-order valence-corrected chi connectivity index (χ0v) is 15.2. The van der Waals surface area contributed by atoms with E-state index in [2.05, 4.69) is 5.32 Å². The van der Waals surface area contributed by atoms with E-state index in [-0.39, 0.29) is 30.1 Å². The third-order valence-corrected chi connectivity index (χ3v) is 4.14. The molecule has 0 radical (unpaired) electrons. The van der Waals surface area contributed by atoms with Crippen molar-refractivity contribution in [2.75, 3.05) is 19.6 Å². The molecule has 6 heteroatoms. The van der Waals surface area contributed by atoms with Crippen LogP contribution in [0.1, 0.15) is 54.4 Å². The lowest BCUT2D eigenvalue weighted by molar-refractivity contribution is -0.153. The minimum absolute atomic E-state index is 0.110. The molecule has 1 aliphatic carbocycles. The molecule has 1 spiro atoms. The molecule has 132 valence electrons. The maximum atomic E-state index is 12.1. The van der Waals surface area contributed by atoms with E-state index in [0.29, 0.717) is 6.54 Å². The summed E-state index contributed by atoms with van der Waals surface area (Å²) in [4.78, 5) is 25.6. The molecule has 2 fully saturated rings. The lowest BCUT2D eigenvalue weighted by Crippen LogP contribution is -2.37. The number of ether oxygens (including phenoxy) is 2. The van der Waals surface area contributed by atoms with Crippen molar-refractivity contribution in [3.05, 3.63) is 0 Å². The van der Waals surface area contributed by atoms with Gasteiger partial charge < -0.3 is 19.7 Å². The number of hydrogen-bond acceptors (Lipinski definition) is 5. The van der Waals surface area contributed by atoms with Gasteiger partial charge in [0.15, 0.2) is 0 Å². The van der Waals surface area contributed by atoms with E-state index in [1.807, 2.05) is 41.5 Å².